The lowest BCUT2D eigenvalue weighted by Crippen LogP contribution is -2.44. The summed E-state index contributed by atoms with van der Waals surface area (Å²) in [6.07, 6.45) is 5.49. The molecule has 3 heteroatoms. The summed E-state index contributed by atoms with van der Waals surface area (Å²) < 4.78 is 0. The lowest BCUT2D eigenvalue weighted by atomic mass is 9.82. The lowest BCUT2D eigenvalue weighted by molar-refractivity contribution is 0.123. The predicted octanol–water partition coefficient (Wildman–Crippen LogP) is 1.99. The molecule has 1 atom stereocenters. The number of hydrogen-bond donors (Lipinski definition) is 2. The van der Waals surface area contributed by atoms with Crippen LogP contribution in [0.4, 0.5) is 0 Å². The molecular formula is C14H30N2O. The molecule has 0 bridgehead atoms. The van der Waals surface area contributed by atoms with Crippen LogP contribution in [-0.2, 0) is 0 Å². The molecule has 0 aliphatic carbocycles. The minimum atomic E-state index is -0.352. The summed E-state index contributed by atoms with van der Waals surface area (Å²) in [5.74, 6) is 0. The van der Waals surface area contributed by atoms with E-state index in [4.69, 9.17) is 5.73 Å². The Morgan fingerprint density at radius 2 is 1.88 bits per heavy atom. The molecule has 17 heavy (non-hydrogen) atoms. The first-order valence-electron chi connectivity index (χ1n) is 7.03. The average molecular weight is 242 g/mol. The SMILES string of the molecule is CCC(N)(CO)CCCN1CCC(C)(C)CC1. The number of piperidine rings is 1. The van der Waals surface area contributed by atoms with Gasteiger partial charge in [0.2, 0.25) is 0 Å². The van der Waals surface area contributed by atoms with E-state index in [-0.39, 0.29) is 12.1 Å². The third kappa shape index (κ3) is 4.94. The van der Waals surface area contributed by atoms with Gasteiger partial charge in [0.1, 0.15) is 0 Å². The smallest absolute Gasteiger partial charge is 0.0611 e. The fourth-order valence-electron chi connectivity index (χ4n) is 2.40. The van der Waals surface area contributed by atoms with Crippen molar-refractivity contribution >= 4 is 0 Å². The van der Waals surface area contributed by atoms with Gasteiger partial charge >= 0.3 is 0 Å². The quantitative estimate of drug-likeness (QED) is 0.749. The van der Waals surface area contributed by atoms with Crippen molar-refractivity contribution in [2.45, 2.75) is 58.4 Å². The van der Waals surface area contributed by atoms with Crippen LogP contribution in [0, 0.1) is 5.41 Å². The molecule has 1 fully saturated rings. The number of aliphatic hydroxyl groups is 1. The molecule has 3 nitrogen and oxygen atoms in total. The number of nitrogens with zero attached hydrogens (tertiary/aromatic N) is 1. The Bertz CT molecular complexity index is 214. The van der Waals surface area contributed by atoms with Crippen molar-refractivity contribution in [3.63, 3.8) is 0 Å². The van der Waals surface area contributed by atoms with Crippen LogP contribution in [0.15, 0.2) is 0 Å². The minimum absolute atomic E-state index is 0.108. The maximum atomic E-state index is 9.25. The third-order valence-electron chi connectivity index (χ3n) is 4.38. The molecule has 1 aliphatic heterocycles. The number of rotatable bonds is 6. The largest absolute Gasteiger partial charge is 0.394 e. The van der Waals surface area contributed by atoms with Crippen molar-refractivity contribution in [3.05, 3.63) is 0 Å². The Morgan fingerprint density at radius 3 is 2.35 bits per heavy atom. The Labute approximate surface area is 106 Å². The van der Waals surface area contributed by atoms with Crippen LogP contribution in [0.3, 0.4) is 0 Å². The Balaban J connectivity index is 2.20. The van der Waals surface area contributed by atoms with E-state index in [0.29, 0.717) is 5.41 Å². The first-order chi connectivity index (χ1) is 7.91. The molecule has 1 unspecified atom stereocenters. The second-order valence-electron chi connectivity index (χ2n) is 6.48. The topological polar surface area (TPSA) is 49.5 Å². The maximum absolute atomic E-state index is 9.25. The Kier molecular flexibility index (Phi) is 5.42. The molecular weight excluding hydrogens is 212 g/mol. The molecule has 1 aliphatic rings. The summed E-state index contributed by atoms with van der Waals surface area (Å²) >= 11 is 0. The number of nitrogens with two attached hydrogens (primary N) is 1. The van der Waals surface area contributed by atoms with E-state index in [2.05, 4.69) is 25.7 Å². The Morgan fingerprint density at radius 1 is 1.29 bits per heavy atom. The highest BCUT2D eigenvalue weighted by Gasteiger charge is 2.26. The molecule has 1 rings (SSSR count). The molecule has 0 amide bonds. The molecule has 0 saturated carbocycles. The van der Waals surface area contributed by atoms with Crippen LogP contribution in [-0.4, -0.2) is 41.8 Å². The minimum Gasteiger partial charge on any atom is -0.394 e. The van der Waals surface area contributed by atoms with Gasteiger partial charge in [-0.15, -0.1) is 0 Å². The van der Waals surface area contributed by atoms with Crippen molar-refractivity contribution < 1.29 is 5.11 Å². The van der Waals surface area contributed by atoms with Gasteiger partial charge in [-0.2, -0.15) is 0 Å². The highest BCUT2D eigenvalue weighted by atomic mass is 16.3. The number of likely N-dealkylation sites (tertiary alicyclic amines) is 1. The molecule has 0 aromatic heterocycles. The normalized spacial score (nSPS) is 24.5. The first kappa shape index (κ1) is 14.9. The third-order valence-corrected chi connectivity index (χ3v) is 4.38. The van der Waals surface area contributed by atoms with E-state index >= 15 is 0 Å². The molecule has 0 radical (unpaired) electrons. The van der Waals surface area contributed by atoms with Crippen LogP contribution in [0.2, 0.25) is 0 Å². The van der Waals surface area contributed by atoms with Crippen molar-refractivity contribution in [1.29, 1.82) is 0 Å². The Hall–Kier alpha value is -0.120. The van der Waals surface area contributed by atoms with Crippen molar-refractivity contribution in [2.24, 2.45) is 11.1 Å². The van der Waals surface area contributed by atoms with Gasteiger partial charge in [-0.05, 0) is 57.2 Å². The van der Waals surface area contributed by atoms with Gasteiger partial charge in [-0.25, -0.2) is 0 Å². The zero-order valence-corrected chi connectivity index (χ0v) is 11.8. The van der Waals surface area contributed by atoms with Crippen LogP contribution in [0.25, 0.3) is 0 Å². The summed E-state index contributed by atoms with van der Waals surface area (Å²) in [4.78, 5) is 2.54. The van der Waals surface area contributed by atoms with Gasteiger partial charge in [0.25, 0.3) is 0 Å². The second-order valence-corrected chi connectivity index (χ2v) is 6.48. The second kappa shape index (κ2) is 6.17. The van der Waals surface area contributed by atoms with Crippen LogP contribution in [0.1, 0.15) is 52.9 Å². The van der Waals surface area contributed by atoms with Crippen molar-refractivity contribution in [2.75, 3.05) is 26.2 Å². The van der Waals surface area contributed by atoms with Crippen LogP contribution < -0.4 is 5.73 Å². The molecule has 0 spiro atoms. The molecule has 102 valence electrons. The summed E-state index contributed by atoms with van der Waals surface area (Å²) in [6, 6.07) is 0. The van der Waals surface area contributed by atoms with E-state index < -0.39 is 0 Å². The summed E-state index contributed by atoms with van der Waals surface area (Å²) in [5, 5.41) is 9.25. The van der Waals surface area contributed by atoms with E-state index in [9.17, 15) is 5.11 Å². The van der Waals surface area contributed by atoms with Crippen LogP contribution >= 0.6 is 0 Å². The van der Waals surface area contributed by atoms with Crippen LogP contribution in [0.5, 0.6) is 0 Å². The van der Waals surface area contributed by atoms with E-state index in [1.165, 1.54) is 25.9 Å². The zero-order chi connectivity index (χ0) is 12.9. The standard InChI is InChI=1S/C14H30N2O/c1-4-14(15,12-17)6-5-9-16-10-7-13(2,3)8-11-16/h17H,4-12,15H2,1-3H3. The van der Waals surface area contributed by atoms with E-state index in [1.54, 1.807) is 0 Å². The number of hydrogen-bond acceptors (Lipinski definition) is 3. The summed E-state index contributed by atoms with van der Waals surface area (Å²) in [7, 11) is 0. The summed E-state index contributed by atoms with van der Waals surface area (Å²) in [5.41, 5.74) is 6.27. The van der Waals surface area contributed by atoms with Crippen molar-refractivity contribution in [3.8, 4) is 0 Å². The fraction of sp³-hybridized carbons (Fsp3) is 1.00. The maximum Gasteiger partial charge on any atom is 0.0611 e. The molecule has 1 saturated heterocycles. The molecule has 3 N–H and O–H groups in total. The average Bonchev–Trinajstić information content (AvgIpc) is 2.31. The first-order valence-corrected chi connectivity index (χ1v) is 7.03. The van der Waals surface area contributed by atoms with Gasteiger partial charge < -0.3 is 15.7 Å². The van der Waals surface area contributed by atoms with Gasteiger partial charge in [0.05, 0.1) is 6.61 Å². The highest BCUT2D eigenvalue weighted by molar-refractivity contribution is 4.83. The molecule has 1 heterocycles. The van der Waals surface area contributed by atoms with Crippen molar-refractivity contribution in [1.82, 2.24) is 4.90 Å². The summed E-state index contributed by atoms with van der Waals surface area (Å²) in [6.45, 7) is 10.5. The van der Waals surface area contributed by atoms with Gasteiger partial charge in [0, 0.05) is 5.54 Å². The molecule has 0 aromatic rings. The fourth-order valence-corrected chi connectivity index (χ4v) is 2.40. The molecule has 0 aromatic carbocycles. The number of aliphatic hydroxyl groups excluding tert-OH is 1. The monoisotopic (exact) mass is 242 g/mol. The lowest BCUT2D eigenvalue weighted by Gasteiger charge is -2.37. The predicted molar refractivity (Wildman–Crippen MR) is 73.0 cm³/mol. The van der Waals surface area contributed by atoms with Gasteiger partial charge in [0.15, 0.2) is 0 Å². The highest BCUT2D eigenvalue weighted by Crippen LogP contribution is 2.29. The van der Waals surface area contributed by atoms with Gasteiger partial charge in [-0.3, -0.25) is 0 Å². The zero-order valence-electron chi connectivity index (χ0n) is 11.8. The van der Waals surface area contributed by atoms with E-state index in [1.807, 2.05) is 0 Å². The van der Waals surface area contributed by atoms with E-state index in [0.717, 1.165) is 25.8 Å². The van der Waals surface area contributed by atoms with Gasteiger partial charge in [-0.1, -0.05) is 20.8 Å².